The third kappa shape index (κ3) is 2.97. The average Bonchev–Trinajstić information content (AvgIpc) is 2.69. The Morgan fingerprint density at radius 2 is 2.00 bits per heavy atom. The zero-order chi connectivity index (χ0) is 10.4. The Hall–Kier alpha value is -0.590. The summed E-state index contributed by atoms with van der Waals surface area (Å²) in [5.74, 6) is 0.764. The molecule has 0 N–H and O–H groups in total. The quantitative estimate of drug-likeness (QED) is 0.627. The predicted octanol–water partition coefficient (Wildman–Crippen LogP) is 3.88. The summed E-state index contributed by atoms with van der Waals surface area (Å²) in [6.45, 7) is 4.33. The third-order valence-corrected chi connectivity index (χ3v) is 3.00. The molecule has 0 bridgehead atoms. The maximum atomic E-state index is 12.1. The first kappa shape index (κ1) is 11.5. The van der Waals surface area contributed by atoms with Crippen molar-refractivity contribution < 1.29 is 4.79 Å². The highest BCUT2D eigenvalue weighted by molar-refractivity contribution is 5.97. The van der Waals surface area contributed by atoms with Crippen molar-refractivity contribution >= 4 is 5.78 Å². The van der Waals surface area contributed by atoms with Crippen LogP contribution in [0.3, 0.4) is 0 Å². The first-order chi connectivity index (χ1) is 6.79. The molecule has 0 amide bonds. The summed E-state index contributed by atoms with van der Waals surface area (Å²) in [4.78, 5) is 12.1. The fraction of sp³-hybridized carbons (Fsp3) is 0.769. The van der Waals surface area contributed by atoms with Crippen LogP contribution in [0.4, 0.5) is 0 Å². The molecule has 0 aromatic heterocycles. The molecule has 0 aromatic rings. The van der Waals surface area contributed by atoms with E-state index in [-0.39, 0.29) is 0 Å². The normalized spacial score (nSPS) is 16.1. The minimum Gasteiger partial charge on any atom is -0.294 e. The van der Waals surface area contributed by atoms with Gasteiger partial charge < -0.3 is 0 Å². The van der Waals surface area contributed by atoms with E-state index in [2.05, 4.69) is 19.9 Å². The predicted molar refractivity (Wildman–Crippen MR) is 60.2 cm³/mol. The van der Waals surface area contributed by atoms with Gasteiger partial charge in [-0.3, -0.25) is 4.79 Å². The number of hydrogen-bond donors (Lipinski definition) is 0. The van der Waals surface area contributed by atoms with Crippen LogP contribution >= 0.6 is 0 Å². The molecule has 0 aromatic carbocycles. The van der Waals surface area contributed by atoms with Crippen molar-refractivity contribution in [2.45, 2.75) is 58.8 Å². The van der Waals surface area contributed by atoms with Crippen molar-refractivity contribution in [2.24, 2.45) is 5.92 Å². The van der Waals surface area contributed by atoms with E-state index in [1.54, 1.807) is 0 Å². The van der Waals surface area contributed by atoms with Crippen LogP contribution in [0.25, 0.3) is 0 Å². The number of carbonyl (C=O) groups is 1. The Labute approximate surface area is 87.6 Å². The molecule has 1 heteroatoms. The highest BCUT2D eigenvalue weighted by Gasteiger charge is 2.21. The molecule has 1 rings (SSSR count). The highest BCUT2D eigenvalue weighted by Crippen LogP contribution is 2.25. The Kier molecular flexibility index (Phi) is 4.92. The minimum atomic E-state index is 0.314. The van der Waals surface area contributed by atoms with Gasteiger partial charge in [0.15, 0.2) is 5.78 Å². The summed E-state index contributed by atoms with van der Waals surface area (Å²) in [7, 11) is 0. The lowest BCUT2D eigenvalue weighted by molar-refractivity contribution is -0.119. The fourth-order valence-electron chi connectivity index (χ4n) is 2.26. The molecule has 14 heavy (non-hydrogen) atoms. The summed E-state index contributed by atoms with van der Waals surface area (Å²) in [5, 5.41) is 0. The van der Waals surface area contributed by atoms with Crippen molar-refractivity contribution in [1.82, 2.24) is 0 Å². The van der Waals surface area contributed by atoms with Crippen LogP contribution in [-0.4, -0.2) is 5.78 Å². The van der Waals surface area contributed by atoms with Crippen LogP contribution in [0, 0.1) is 5.92 Å². The van der Waals surface area contributed by atoms with E-state index in [4.69, 9.17) is 0 Å². The number of ketones is 1. The molecule has 0 radical (unpaired) electrons. The molecule has 0 fully saturated rings. The number of allylic oxidation sites excluding steroid dienone is 2. The van der Waals surface area contributed by atoms with Gasteiger partial charge in [-0.25, -0.2) is 0 Å². The lowest BCUT2D eigenvalue weighted by atomic mass is 9.89. The van der Waals surface area contributed by atoms with Gasteiger partial charge in [-0.2, -0.15) is 0 Å². The van der Waals surface area contributed by atoms with Gasteiger partial charge in [-0.05, 0) is 37.7 Å². The van der Waals surface area contributed by atoms with E-state index in [0.29, 0.717) is 11.7 Å². The molecular formula is C13H22O. The van der Waals surface area contributed by atoms with Crippen LogP contribution in [0.5, 0.6) is 0 Å². The molecule has 1 aliphatic rings. The first-order valence-corrected chi connectivity index (χ1v) is 6.02. The average molecular weight is 194 g/mol. The molecule has 80 valence electrons. The maximum Gasteiger partial charge on any atom is 0.161 e. The molecule has 1 aliphatic carbocycles. The standard InChI is InChI=1S/C13H22O/c1-3-7-11(8-4-2)13(14)12-9-5-6-10-12/h9,11H,3-8,10H2,1-2H3. The lowest BCUT2D eigenvalue weighted by Crippen LogP contribution is -2.15. The van der Waals surface area contributed by atoms with Crippen LogP contribution in [0.15, 0.2) is 11.6 Å². The molecule has 0 aliphatic heterocycles. The Morgan fingerprint density at radius 3 is 2.43 bits per heavy atom. The molecule has 0 heterocycles. The van der Waals surface area contributed by atoms with Gasteiger partial charge >= 0.3 is 0 Å². The minimum absolute atomic E-state index is 0.314. The molecular weight excluding hydrogens is 172 g/mol. The van der Waals surface area contributed by atoms with E-state index in [1.165, 1.54) is 6.42 Å². The summed E-state index contributed by atoms with van der Waals surface area (Å²) < 4.78 is 0. The van der Waals surface area contributed by atoms with Crippen molar-refractivity contribution in [3.05, 3.63) is 11.6 Å². The van der Waals surface area contributed by atoms with Crippen LogP contribution in [-0.2, 0) is 4.79 Å². The summed E-state index contributed by atoms with van der Waals surface area (Å²) >= 11 is 0. The molecule has 0 unspecified atom stereocenters. The SMILES string of the molecule is CCCC(CCC)C(=O)C1=CCCC1. The van der Waals surface area contributed by atoms with E-state index in [9.17, 15) is 4.79 Å². The maximum absolute atomic E-state index is 12.1. The monoisotopic (exact) mass is 194 g/mol. The molecule has 0 saturated carbocycles. The van der Waals surface area contributed by atoms with Gasteiger partial charge in [0.05, 0.1) is 0 Å². The second-order valence-corrected chi connectivity index (χ2v) is 4.26. The van der Waals surface area contributed by atoms with Gasteiger partial charge in [-0.1, -0.05) is 32.8 Å². The van der Waals surface area contributed by atoms with Gasteiger partial charge in [0, 0.05) is 5.92 Å². The Bertz CT molecular complexity index is 209. The number of rotatable bonds is 6. The topological polar surface area (TPSA) is 17.1 Å². The summed E-state index contributed by atoms with van der Waals surface area (Å²) in [6.07, 6.45) is 9.89. The number of Topliss-reactive ketones (excluding diaryl/α,β-unsaturated/α-hetero) is 1. The van der Waals surface area contributed by atoms with Crippen molar-refractivity contribution in [3.63, 3.8) is 0 Å². The largest absolute Gasteiger partial charge is 0.294 e. The van der Waals surface area contributed by atoms with Gasteiger partial charge in [-0.15, -0.1) is 0 Å². The van der Waals surface area contributed by atoms with Gasteiger partial charge in [0.2, 0.25) is 0 Å². The number of carbonyl (C=O) groups excluding carboxylic acids is 1. The van der Waals surface area contributed by atoms with Gasteiger partial charge in [0.25, 0.3) is 0 Å². The Morgan fingerprint density at radius 1 is 1.36 bits per heavy atom. The van der Waals surface area contributed by atoms with Crippen molar-refractivity contribution in [3.8, 4) is 0 Å². The zero-order valence-electron chi connectivity index (χ0n) is 9.51. The smallest absolute Gasteiger partial charge is 0.161 e. The molecule has 0 saturated heterocycles. The second kappa shape index (κ2) is 6.00. The number of hydrogen-bond acceptors (Lipinski definition) is 1. The van der Waals surface area contributed by atoms with E-state index >= 15 is 0 Å². The highest BCUT2D eigenvalue weighted by atomic mass is 16.1. The summed E-state index contributed by atoms with van der Waals surface area (Å²) in [6, 6.07) is 0. The molecule has 0 spiro atoms. The molecule has 0 atom stereocenters. The fourth-order valence-corrected chi connectivity index (χ4v) is 2.26. The van der Waals surface area contributed by atoms with E-state index < -0.39 is 0 Å². The van der Waals surface area contributed by atoms with Crippen molar-refractivity contribution in [1.29, 1.82) is 0 Å². The van der Waals surface area contributed by atoms with Crippen LogP contribution < -0.4 is 0 Å². The van der Waals surface area contributed by atoms with Crippen molar-refractivity contribution in [2.75, 3.05) is 0 Å². The van der Waals surface area contributed by atoms with Gasteiger partial charge in [0.1, 0.15) is 0 Å². The van der Waals surface area contributed by atoms with E-state index in [1.807, 2.05) is 0 Å². The van der Waals surface area contributed by atoms with E-state index in [0.717, 1.165) is 44.1 Å². The third-order valence-electron chi connectivity index (χ3n) is 3.00. The van der Waals surface area contributed by atoms with Crippen LogP contribution in [0.2, 0.25) is 0 Å². The van der Waals surface area contributed by atoms with Crippen LogP contribution in [0.1, 0.15) is 58.8 Å². The first-order valence-electron chi connectivity index (χ1n) is 6.02. The molecule has 1 nitrogen and oxygen atoms in total. The summed E-state index contributed by atoms with van der Waals surface area (Å²) in [5.41, 5.74) is 1.12. The lowest BCUT2D eigenvalue weighted by Gasteiger charge is -2.14. The second-order valence-electron chi connectivity index (χ2n) is 4.26. The Balaban J connectivity index is 2.53. The zero-order valence-corrected chi connectivity index (χ0v) is 9.51.